The lowest BCUT2D eigenvalue weighted by Crippen LogP contribution is -2.31. The number of nitro benzene ring substituents is 1. The van der Waals surface area contributed by atoms with E-state index in [9.17, 15) is 18.5 Å². The summed E-state index contributed by atoms with van der Waals surface area (Å²) in [4.78, 5) is 15.2. The monoisotopic (exact) mass is 280 g/mol. The highest BCUT2D eigenvalue weighted by molar-refractivity contribution is 7.96. The molecule has 2 aliphatic heterocycles. The molecule has 1 aromatic carbocycles. The molecule has 0 saturated carbocycles. The molecule has 2 heterocycles. The highest BCUT2D eigenvalue weighted by Gasteiger charge is 2.46. The van der Waals surface area contributed by atoms with Crippen LogP contribution in [0.25, 0.3) is 0 Å². The first-order chi connectivity index (χ1) is 8.99. The summed E-state index contributed by atoms with van der Waals surface area (Å²) in [7, 11) is -3.46. The van der Waals surface area contributed by atoms with Gasteiger partial charge in [0.25, 0.3) is 5.69 Å². The number of hydrogen-bond acceptors (Lipinski definition) is 6. The van der Waals surface area contributed by atoms with Crippen molar-refractivity contribution < 1.29 is 18.2 Å². The Morgan fingerprint density at radius 1 is 1.37 bits per heavy atom. The van der Waals surface area contributed by atoms with Gasteiger partial charge in [-0.3, -0.25) is 10.1 Å². The average molecular weight is 280 g/mol. The number of nitro groups is 1. The van der Waals surface area contributed by atoms with E-state index in [-0.39, 0.29) is 11.4 Å². The highest BCUT2D eigenvalue weighted by atomic mass is 32.2. The maximum Gasteiger partial charge on any atom is 0.270 e. The molecule has 0 N–H and O–H groups in total. The molecule has 8 heteroatoms. The highest BCUT2D eigenvalue weighted by Crippen LogP contribution is 2.31. The number of rotatable bonds is 2. The van der Waals surface area contributed by atoms with Crippen molar-refractivity contribution in [3.05, 3.63) is 51.4 Å². The molecule has 3 rings (SSSR count). The lowest BCUT2D eigenvalue weighted by atomic mass is 10.0. The third-order valence-electron chi connectivity index (χ3n) is 3.01. The third-order valence-corrected chi connectivity index (χ3v) is 4.74. The molecule has 2 atom stereocenters. The SMILES string of the molecule is O=[N+]([O-])c1cccc(C2=NOC3C=CS(=O)(=O)C23)c1. The predicted octanol–water partition coefficient (Wildman–Crippen LogP) is 1.01. The van der Waals surface area contributed by atoms with Crippen molar-refractivity contribution in [3.8, 4) is 0 Å². The molecule has 0 fully saturated rings. The van der Waals surface area contributed by atoms with Crippen LogP contribution in [0.4, 0.5) is 5.69 Å². The fraction of sp³-hybridized carbons (Fsp3) is 0.182. The molecular formula is C11H8N2O5S. The Kier molecular flexibility index (Phi) is 2.42. The topological polar surface area (TPSA) is 98.9 Å². The summed E-state index contributed by atoms with van der Waals surface area (Å²) in [5, 5.41) is 14.7. The van der Waals surface area contributed by atoms with Gasteiger partial charge in [-0.15, -0.1) is 0 Å². The van der Waals surface area contributed by atoms with Gasteiger partial charge >= 0.3 is 0 Å². The van der Waals surface area contributed by atoms with E-state index in [2.05, 4.69) is 5.16 Å². The standard InChI is InChI=1S/C11H8N2O5S/c14-13(15)8-3-1-2-7(6-8)10-11-9(18-12-10)4-5-19(11,16)17/h1-6,9,11H. The van der Waals surface area contributed by atoms with E-state index in [1.807, 2.05) is 0 Å². The summed E-state index contributed by atoms with van der Waals surface area (Å²) in [5.41, 5.74) is 0.472. The minimum Gasteiger partial charge on any atom is -0.386 e. The second kappa shape index (κ2) is 3.89. The van der Waals surface area contributed by atoms with Crippen molar-refractivity contribution >= 4 is 21.2 Å². The molecule has 0 spiro atoms. The quantitative estimate of drug-likeness (QED) is 0.594. The summed E-state index contributed by atoms with van der Waals surface area (Å²) < 4.78 is 23.7. The summed E-state index contributed by atoms with van der Waals surface area (Å²) in [6.07, 6.45) is 0.785. The third kappa shape index (κ3) is 1.80. The molecule has 19 heavy (non-hydrogen) atoms. The largest absolute Gasteiger partial charge is 0.386 e. The predicted molar refractivity (Wildman–Crippen MR) is 66.4 cm³/mol. The number of non-ortho nitro benzene ring substituents is 1. The van der Waals surface area contributed by atoms with Gasteiger partial charge in [0.05, 0.1) is 4.92 Å². The summed E-state index contributed by atoms with van der Waals surface area (Å²) in [6.45, 7) is 0. The van der Waals surface area contributed by atoms with E-state index in [1.165, 1.54) is 24.3 Å². The molecule has 0 aromatic heterocycles. The van der Waals surface area contributed by atoms with Crippen LogP contribution in [0.5, 0.6) is 0 Å². The van der Waals surface area contributed by atoms with Gasteiger partial charge in [0, 0.05) is 23.1 Å². The number of hydrogen-bond donors (Lipinski definition) is 0. The van der Waals surface area contributed by atoms with Crippen LogP contribution in [0.1, 0.15) is 5.56 Å². The summed E-state index contributed by atoms with van der Waals surface area (Å²) in [6, 6.07) is 5.68. The molecule has 7 nitrogen and oxygen atoms in total. The van der Waals surface area contributed by atoms with Crippen LogP contribution in [-0.2, 0) is 14.7 Å². The molecule has 1 aromatic rings. The molecule has 2 unspecified atom stereocenters. The van der Waals surface area contributed by atoms with E-state index in [0.717, 1.165) is 5.41 Å². The fourth-order valence-electron chi connectivity index (χ4n) is 2.13. The first-order valence-electron chi connectivity index (χ1n) is 5.40. The minimum absolute atomic E-state index is 0.119. The van der Waals surface area contributed by atoms with E-state index in [4.69, 9.17) is 4.84 Å². The number of sulfone groups is 1. The van der Waals surface area contributed by atoms with Crippen molar-refractivity contribution in [1.82, 2.24) is 0 Å². The minimum atomic E-state index is -3.46. The Bertz CT molecular complexity index is 722. The van der Waals surface area contributed by atoms with Crippen molar-refractivity contribution in [2.75, 3.05) is 0 Å². The Balaban J connectivity index is 2.04. The first kappa shape index (κ1) is 11.8. The fourth-order valence-corrected chi connectivity index (χ4v) is 3.67. The number of fused-ring (bicyclic) bond motifs is 1. The lowest BCUT2D eigenvalue weighted by molar-refractivity contribution is -0.384. The van der Waals surface area contributed by atoms with Crippen LogP contribution in [0.2, 0.25) is 0 Å². The smallest absolute Gasteiger partial charge is 0.270 e. The summed E-state index contributed by atoms with van der Waals surface area (Å²) in [5.74, 6) is 0. The molecule has 0 amide bonds. The number of nitrogens with zero attached hydrogens (tertiary/aromatic N) is 2. The number of oxime groups is 1. The normalized spacial score (nSPS) is 26.6. The Morgan fingerprint density at radius 3 is 2.89 bits per heavy atom. The Labute approximate surface area is 108 Å². The Morgan fingerprint density at radius 2 is 2.16 bits per heavy atom. The van der Waals surface area contributed by atoms with Gasteiger partial charge in [0.2, 0.25) is 0 Å². The van der Waals surface area contributed by atoms with Crippen molar-refractivity contribution in [1.29, 1.82) is 0 Å². The summed E-state index contributed by atoms with van der Waals surface area (Å²) >= 11 is 0. The zero-order valence-corrected chi connectivity index (χ0v) is 10.3. The molecule has 0 saturated heterocycles. The van der Waals surface area contributed by atoms with Gasteiger partial charge in [0.1, 0.15) is 5.71 Å². The van der Waals surface area contributed by atoms with Gasteiger partial charge in [-0.1, -0.05) is 17.3 Å². The van der Waals surface area contributed by atoms with Gasteiger partial charge in [0.15, 0.2) is 21.2 Å². The van der Waals surface area contributed by atoms with E-state index in [1.54, 1.807) is 6.07 Å². The van der Waals surface area contributed by atoms with E-state index >= 15 is 0 Å². The van der Waals surface area contributed by atoms with Gasteiger partial charge < -0.3 is 4.84 Å². The van der Waals surface area contributed by atoms with E-state index < -0.39 is 26.1 Å². The van der Waals surface area contributed by atoms with Gasteiger partial charge in [-0.2, -0.15) is 0 Å². The number of benzene rings is 1. The first-order valence-corrected chi connectivity index (χ1v) is 7.00. The lowest BCUT2D eigenvalue weighted by Gasteiger charge is -2.08. The van der Waals surface area contributed by atoms with Gasteiger partial charge in [-0.25, -0.2) is 8.42 Å². The second-order valence-corrected chi connectivity index (χ2v) is 6.15. The molecule has 0 radical (unpaired) electrons. The maximum absolute atomic E-state index is 11.9. The Hall–Kier alpha value is -2.22. The zero-order valence-electron chi connectivity index (χ0n) is 9.46. The van der Waals surface area contributed by atoms with Crippen LogP contribution in [0, 0.1) is 10.1 Å². The van der Waals surface area contributed by atoms with Crippen LogP contribution in [0.15, 0.2) is 40.9 Å². The average Bonchev–Trinajstić information content (AvgIpc) is 2.92. The molecule has 98 valence electrons. The van der Waals surface area contributed by atoms with Crippen molar-refractivity contribution in [2.24, 2.45) is 5.16 Å². The molecular weight excluding hydrogens is 272 g/mol. The zero-order chi connectivity index (χ0) is 13.6. The van der Waals surface area contributed by atoms with Crippen molar-refractivity contribution in [2.45, 2.75) is 11.4 Å². The van der Waals surface area contributed by atoms with Crippen LogP contribution >= 0.6 is 0 Å². The van der Waals surface area contributed by atoms with Crippen LogP contribution < -0.4 is 0 Å². The maximum atomic E-state index is 11.9. The molecule has 2 aliphatic rings. The van der Waals surface area contributed by atoms with Crippen LogP contribution in [-0.4, -0.2) is 30.4 Å². The molecule has 0 aliphatic carbocycles. The van der Waals surface area contributed by atoms with Gasteiger partial charge in [-0.05, 0) is 6.08 Å². The van der Waals surface area contributed by atoms with Crippen molar-refractivity contribution in [3.63, 3.8) is 0 Å². The second-order valence-electron chi connectivity index (χ2n) is 4.19. The van der Waals surface area contributed by atoms with Crippen LogP contribution in [0.3, 0.4) is 0 Å². The molecule has 0 bridgehead atoms. The van der Waals surface area contributed by atoms with E-state index in [0.29, 0.717) is 5.56 Å².